The first-order valence-electron chi connectivity index (χ1n) is 5.32. The van der Waals surface area contributed by atoms with Gasteiger partial charge in [-0.15, -0.1) is 0 Å². The maximum absolute atomic E-state index is 5.34. The summed E-state index contributed by atoms with van der Waals surface area (Å²) in [6.45, 7) is 2.14. The van der Waals surface area contributed by atoms with Crippen molar-refractivity contribution in [3.05, 3.63) is 34.9 Å². The molecule has 0 aromatic heterocycles. The molecular weight excluding hydrogens is 186 g/mol. The fraction of sp³-hybridized carbons (Fsp3) is 0.385. The summed E-state index contributed by atoms with van der Waals surface area (Å²) in [6.07, 6.45) is 4.48. The molecule has 0 aliphatic heterocycles. The van der Waals surface area contributed by atoms with Gasteiger partial charge in [-0.1, -0.05) is 6.08 Å². The highest BCUT2D eigenvalue weighted by Gasteiger charge is 2.15. The zero-order valence-corrected chi connectivity index (χ0v) is 9.55. The quantitative estimate of drug-likeness (QED) is 0.797. The van der Waals surface area contributed by atoms with Gasteiger partial charge in [0.1, 0.15) is 5.75 Å². The van der Waals surface area contributed by atoms with E-state index in [1.165, 1.54) is 22.4 Å². The molecule has 2 heteroatoms. The summed E-state index contributed by atoms with van der Waals surface area (Å²) < 4.78 is 5.34. The lowest BCUT2D eigenvalue weighted by molar-refractivity contribution is 0.411. The zero-order chi connectivity index (χ0) is 10.8. The molecule has 80 valence electrons. The average Bonchev–Trinajstić information content (AvgIpc) is 2.29. The third-order valence-corrected chi connectivity index (χ3v) is 3.07. The van der Waals surface area contributed by atoms with Gasteiger partial charge in [0.15, 0.2) is 0 Å². The van der Waals surface area contributed by atoms with Crippen molar-refractivity contribution in [2.75, 3.05) is 14.2 Å². The average molecular weight is 203 g/mol. The molecule has 0 radical (unpaired) electrons. The van der Waals surface area contributed by atoms with E-state index in [4.69, 9.17) is 4.74 Å². The Bertz CT molecular complexity index is 407. The van der Waals surface area contributed by atoms with Gasteiger partial charge in [0, 0.05) is 18.3 Å². The molecule has 0 bridgehead atoms. The van der Waals surface area contributed by atoms with E-state index in [-0.39, 0.29) is 0 Å². The molecule has 2 nitrogen and oxygen atoms in total. The summed E-state index contributed by atoms with van der Waals surface area (Å²) >= 11 is 0. The summed E-state index contributed by atoms with van der Waals surface area (Å²) in [5, 5.41) is 3.25. The first-order valence-corrected chi connectivity index (χ1v) is 5.32. The highest BCUT2D eigenvalue weighted by atomic mass is 16.5. The van der Waals surface area contributed by atoms with Crippen LogP contribution in [0.1, 0.15) is 23.1 Å². The van der Waals surface area contributed by atoms with Crippen LogP contribution in [0.15, 0.2) is 18.2 Å². The molecule has 0 saturated heterocycles. The molecule has 1 aromatic rings. The highest BCUT2D eigenvalue weighted by Crippen LogP contribution is 2.32. The van der Waals surface area contributed by atoms with Crippen molar-refractivity contribution in [2.45, 2.75) is 19.8 Å². The van der Waals surface area contributed by atoms with E-state index < -0.39 is 0 Å². The maximum atomic E-state index is 5.34. The standard InChI is InChI=1S/C13H17NO/c1-9-10-5-4-6-12(14-2)11(10)7-8-13(9)15-3/h6-8,14H,4-5H2,1-3H3. The smallest absolute Gasteiger partial charge is 0.122 e. The molecule has 0 amide bonds. The predicted octanol–water partition coefficient (Wildman–Crippen LogP) is 2.51. The first kappa shape index (κ1) is 10.1. The lowest BCUT2D eigenvalue weighted by atomic mass is 9.90. The van der Waals surface area contributed by atoms with E-state index in [0.29, 0.717) is 0 Å². The first-order chi connectivity index (χ1) is 7.27. The third kappa shape index (κ3) is 1.60. The van der Waals surface area contributed by atoms with Crippen LogP contribution >= 0.6 is 0 Å². The number of hydrogen-bond acceptors (Lipinski definition) is 2. The van der Waals surface area contributed by atoms with Crippen LogP contribution in [0.2, 0.25) is 0 Å². The van der Waals surface area contributed by atoms with Gasteiger partial charge in [-0.25, -0.2) is 0 Å². The second kappa shape index (κ2) is 3.97. The molecule has 1 aromatic carbocycles. The lowest BCUT2D eigenvalue weighted by Gasteiger charge is -2.21. The Labute approximate surface area is 91.0 Å². The van der Waals surface area contributed by atoms with Crippen molar-refractivity contribution >= 4 is 5.70 Å². The molecule has 1 N–H and O–H groups in total. The number of nitrogens with one attached hydrogen (secondary N) is 1. The Morgan fingerprint density at radius 2 is 2.13 bits per heavy atom. The molecule has 0 fully saturated rings. The van der Waals surface area contributed by atoms with Crippen LogP contribution in [0.25, 0.3) is 5.70 Å². The Morgan fingerprint density at radius 1 is 1.33 bits per heavy atom. The largest absolute Gasteiger partial charge is 0.496 e. The summed E-state index contributed by atoms with van der Waals surface area (Å²) in [6, 6.07) is 4.19. The Kier molecular flexibility index (Phi) is 2.67. The van der Waals surface area contributed by atoms with Crippen LogP contribution in [-0.4, -0.2) is 14.2 Å². The Balaban J connectivity index is 2.55. The van der Waals surface area contributed by atoms with Crippen LogP contribution in [0.3, 0.4) is 0 Å². The van der Waals surface area contributed by atoms with Gasteiger partial charge in [-0.2, -0.15) is 0 Å². The molecule has 15 heavy (non-hydrogen) atoms. The maximum Gasteiger partial charge on any atom is 0.122 e. The van der Waals surface area contributed by atoms with Crippen molar-refractivity contribution in [1.29, 1.82) is 0 Å². The van der Waals surface area contributed by atoms with Crippen molar-refractivity contribution in [3.63, 3.8) is 0 Å². The fourth-order valence-electron chi connectivity index (χ4n) is 2.24. The molecule has 0 unspecified atom stereocenters. The third-order valence-electron chi connectivity index (χ3n) is 3.07. The number of methoxy groups -OCH3 is 1. The van der Waals surface area contributed by atoms with Crippen molar-refractivity contribution < 1.29 is 4.74 Å². The van der Waals surface area contributed by atoms with Crippen LogP contribution in [0.5, 0.6) is 5.75 Å². The van der Waals surface area contributed by atoms with Gasteiger partial charge >= 0.3 is 0 Å². The van der Waals surface area contributed by atoms with Crippen LogP contribution < -0.4 is 10.1 Å². The Morgan fingerprint density at radius 3 is 2.80 bits per heavy atom. The molecule has 0 saturated carbocycles. The highest BCUT2D eigenvalue weighted by molar-refractivity contribution is 5.71. The fourth-order valence-corrected chi connectivity index (χ4v) is 2.24. The van der Waals surface area contributed by atoms with E-state index >= 15 is 0 Å². The van der Waals surface area contributed by atoms with Crippen molar-refractivity contribution in [3.8, 4) is 5.75 Å². The van der Waals surface area contributed by atoms with E-state index in [9.17, 15) is 0 Å². The summed E-state index contributed by atoms with van der Waals surface area (Å²) in [7, 11) is 3.70. The molecule has 0 atom stereocenters. The molecule has 1 aliphatic rings. The number of ether oxygens (including phenoxy) is 1. The van der Waals surface area contributed by atoms with Crippen LogP contribution in [-0.2, 0) is 6.42 Å². The van der Waals surface area contributed by atoms with Gasteiger partial charge in [0.05, 0.1) is 7.11 Å². The van der Waals surface area contributed by atoms with Gasteiger partial charge in [-0.05, 0) is 43.0 Å². The van der Waals surface area contributed by atoms with Crippen LogP contribution in [0.4, 0.5) is 0 Å². The van der Waals surface area contributed by atoms with E-state index in [2.05, 4.69) is 24.4 Å². The number of rotatable bonds is 2. The van der Waals surface area contributed by atoms with Crippen molar-refractivity contribution in [1.82, 2.24) is 5.32 Å². The summed E-state index contributed by atoms with van der Waals surface area (Å²) in [5.41, 5.74) is 5.25. The van der Waals surface area contributed by atoms with E-state index in [0.717, 1.165) is 18.6 Å². The Hall–Kier alpha value is -1.44. The molecule has 1 aliphatic carbocycles. The zero-order valence-electron chi connectivity index (χ0n) is 9.55. The molecule has 0 heterocycles. The normalized spacial score (nSPS) is 14.2. The number of benzene rings is 1. The van der Waals surface area contributed by atoms with E-state index in [1.807, 2.05) is 13.1 Å². The number of allylic oxidation sites excluding steroid dienone is 1. The minimum absolute atomic E-state index is 0.992. The van der Waals surface area contributed by atoms with Gasteiger partial charge in [-0.3, -0.25) is 0 Å². The second-order valence-electron chi connectivity index (χ2n) is 3.83. The number of hydrogen-bond donors (Lipinski definition) is 1. The number of fused-ring (bicyclic) bond motifs is 1. The van der Waals surface area contributed by atoms with E-state index in [1.54, 1.807) is 7.11 Å². The molecule has 0 spiro atoms. The predicted molar refractivity (Wildman–Crippen MR) is 63.1 cm³/mol. The minimum atomic E-state index is 0.992. The lowest BCUT2D eigenvalue weighted by Crippen LogP contribution is -2.12. The van der Waals surface area contributed by atoms with Crippen molar-refractivity contribution in [2.24, 2.45) is 0 Å². The van der Waals surface area contributed by atoms with Gasteiger partial charge in [0.25, 0.3) is 0 Å². The van der Waals surface area contributed by atoms with Gasteiger partial charge < -0.3 is 10.1 Å². The second-order valence-corrected chi connectivity index (χ2v) is 3.83. The molecular formula is C13H17NO. The SMILES string of the molecule is CNC1=CCCc2c1ccc(OC)c2C. The monoisotopic (exact) mass is 203 g/mol. The van der Waals surface area contributed by atoms with Crippen LogP contribution in [0, 0.1) is 6.92 Å². The minimum Gasteiger partial charge on any atom is -0.496 e. The topological polar surface area (TPSA) is 21.3 Å². The van der Waals surface area contributed by atoms with Gasteiger partial charge in [0.2, 0.25) is 0 Å². The summed E-state index contributed by atoms with van der Waals surface area (Å²) in [4.78, 5) is 0. The molecule has 2 rings (SSSR count). The summed E-state index contributed by atoms with van der Waals surface area (Å²) in [5.74, 6) is 0.992.